The number of anilines is 2. The fourth-order valence-electron chi connectivity index (χ4n) is 1.77. The first-order chi connectivity index (χ1) is 10.4. The van der Waals surface area contributed by atoms with Crippen LogP contribution in [0.2, 0.25) is 5.02 Å². The Hall–Kier alpha value is -2.47. The molecule has 2 aromatic rings. The Morgan fingerprint density at radius 1 is 1.00 bits per heavy atom. The smallest absolute Gasteiger partial charge is 0.258 e. The van der Waals surface area contributed by atoms with Crippen molar-refractivity contribution < 1.29 is 18.4 Å². The van der Waals surface area contributed by atoms with Gasteiger partial charge in [-0.25, -0.2) is 8.78 Å². The predicted octanol–water partition coefficient (Wildman–Crippen LogP) is 3.83. The van der Waals surface area contributed by atoms with Gasteiger partial charge in [0.05, 0.1) is 11.3 Å². The van der Waals surface area contributed by atoms with Gasteiger partial charge in [0.15, 0.2) is 0 Å². The maximum absolute atomic E-state index is 13.7. The van der Waals surface area contributed by atoms with E-state index < -0.39 is 17.5 Å². The molecule has 2 rings (SSSR count). The van der Waals surface area contributed by atoms with Crippen LogP contribution in [-0.4, -0.2) is 11.8 Å². The molecule has 0 heterocycles. The third-order valence-electron chi connectivity index (χ3n) is 2.71. The minimum absolute atomic E-state index is 0.146. The Bertz CT molecular complexity index is 750. The van der Waals surface area contributed by atoms with Crippen molar-refractivity contribution in [2.75, 3.05) is 10.6 Å². The van der Waals surface area contributed by atoms with Gasteiger partial charge < -0.3 is 10.6 Å². The van der Waals surface area contributed by atoms with Gasteiger partial charge in [0, 0.05) is 17.6 Å². The number of halogens is 3. The molecule has 0 radical (unpaired) electrons. The van der Waals surface area contributed by atoms with E-state index in [2.05, 4.69) is 10.6 Å². The highest BCUT2D eigenvalue weighted by Crippen LogP contribution is 2.21. The molecule has 0 aromatic heterocycles. The molecule has 22 heavy (non-hydrogen) atoms. The molecule has 0 fully saturated rings. The summed E-state index contributed by atoms with van der Waals surface area (Å²) < 4.78 is 27.4. The van der Waals surface area contributed by atoms with Gasteiger partial charge in [-0.2, -0.15) is 0 Å². The van der Waals surface area contributed by atoms with E-state index in [1.54, 1.807) is 0 Å². The SMILES string of the molecule is CC(=O)Nc1ccc(F)c(NC(=O)c2ccc(Cl)cc2F)c1. The van der Waals surface area contributed by atoms with Crippen molar-refractivity contribution in [1.29, 1.82) is 0 Å². The van der Waals surface area contributed by atoms with E-state index in [9.17, 15) is 18.4 Å². The average molecular weight is 325 g/mol. The quantitative estimate of drug-likeness (QED) is 0.901. The minimum Gasteiger partial charge on any atom is -0.326 e. The fourth-order valence-corrected chi connectivity index (χ4v) is 1.92. The lowest BCUT2D eigenvalue weighted by atomic mass is 10.2. The van der Waals surface area contributed by atoms with E-state index in [1.165, 1.54) is 31.2 Å². The molecular weight excluding hydrogens is 314 g/mol. The van der Waals surface area contributed by atoms with E-state index in [4.69, 9.17) is 11.6 Å². The van der Waals surface area contributed by atoms with Crippen LogP contribution in [-0.2, 0) is 4.79 Å². The van der Waals surface area contributed by atoms with Gasteiger partial charge >= 0.3 is 0 Å². The zero-order valence-electron chi connectivity index (χ0n) is 11.4. The highest BCUT2D eigenvalue weighted by Gasteiger charge is 2.14. The number of hydrogen-bond acceptors (Lipinski definition) is 2. The topological polar surface area (TPSA) is 58.2 Å². The lowest BCUT2D eigenvalue weighted by Gasteiger charge is -2.10. The summed E-state index contributed by atoms with van der Waals surface area (Å²) in [6, 6.07) is 7.20. The number of carbonyl (C=O) groups excluding carboxylic acids is 2. The van der Waals surface area contributed by atoms with Crippen LogP contribution < -0.4 is 10.6 Å². The number of amides is 2. The molecule has 0 atom stereocenters. The Morgan fingerprint density at radius 3 is 2.36 bits per heavy atom. The van der Waals surface area contributed by atoms with Gasteiger partial charge in [0.2, 0.25) is 5.91 Å². The van der Waals surface area contributed by atoms with Gasteiger partial charge in [0.1, 0.15) is 11.6 Å². The number of hydrogen-bond donors (Lipinski definition) is 2. The first-order valence-corrected chi connectivity index (χ1v) is 6.58. The summed E-state index contributed by atoms with van der Waals surface area (Å²) in [5.74, 6) is -2.69. The second kappa shape index (κ2) is 6.53. The summed E-state index contributed by atoms with van der Waals surface area (Å²) in [6.07, 6.45) is 0. The summed E-state index contributed by atoms with van der Waals surface area (Å²) >= 11 is 5.60. The highest BCUT2D eigenvalue weighted by molar-refractivity contribution is 6.30. The summed E-state index contributed by atoms with van der Waals surface area (Å²) in [7, 11) is 0. The van der Waals surface area contributed by atoms with Crippen molar-refractivity contribution in [3.05, 3.63) is 58.6 Å². The average Bonchev–Trinajstić information content (AvgIpc) is 2.41. The van der Waals surface area contributed by atoms with E-state index >= 15 is 0 Å². The predicted molar refractivity (Wildman–Crippen MR) is 80.1 cm³/mol. The molecule has 4 nitrogen and oxygen atoms in total. The number of benzene rings is 2. The first-order valence-electron chi connectivity index (χ1n) is 6.20. The van der Waals surface area contributed by atoms with E-state index in [0.29, 0.717) is 5.69 Å². The molecule has 2 aromatic carbocycles. The second-order valence-corrected chi connectivity index (χ2v) is 4.89. The van der Waals surface area contributed by atoms with Crippen LogP contribution in [0.1, 0.15) is 17.3 Å². The minimum atomic E-state index is -0.826. The zero-order chi connectivity index (χ0) is 16.3. The zero-order valence-corrected chi connectivity index (χ0v) is 12.2. The van der Waals surface area contributed by atoms with Crippen LogP contribution in [0.25, 0.3) is 0 Å². The van der Waals surface area contributed by atoms with Crippen LogP contribution in [0.5, 0.6) is 0 Å². The number of nitrogens with one attached hydrogen (secondary N) is 2. The first kappa shape index (κ1) is 15.9. The molecule has 0 bridgehead atoms. The van der Waals surface area contributed by atoms with Crippen molar-refractivity contribution in [3.8, 4) is 0 Å². The van der Waals surface area contributed by atoms with Gasteiger partial charge in [-0.3, -0.25) is 9.59 Å². The lowest BCUT2D eigenvalue weighted by Crippen LogP contribution is -2.15. The van der Waals surface area contributed by atoms with Crippen LogP contribution in [0.4, 0.5) is 20.2 Å². The van der Waals surface area contributed by atoms with E-state index in [1.807, 2.05) is 0 Å². The normalized spacial score (nSPS) is 10.2. The molecule has 0 unspecified atom stereocenters. The maximum Gasteiger partial charge on any atom is 0.258 e. The Kier molecular flexibility index (Phi) is 4.72. The van der Waals surface area contributed by atoms with Crippen LogP contribution in [0.3, 0.4) is 0 Å². The van der Waals surface area contributed by atoms with Crippen LogP contribution in [0.15, 0.2) is 36.4 Å². The monoisotopic (exact) mass is 324 g/mol. The molecule has 0 aliphatic heterocycles. The van der Waals surface area contributed by atoms with Crippen molar-refractivity contribution >= 4 is 34.8 Å². The van der Waals surface area contributed by atoms with Gasteiger partial charge in [-0.1, -0.05) is 11.6 Å². The Balaban J connectivity index is 2.25. The van der Waals surface area contributed by atoms with Crippen molar-refractivity contribution in [3.63, 3.8) is 0 Å². The molecule has 0 saturated carbocycles. The standard InChI is InChI=1S/C15H11ClF2N2O2/c1-8(21)19-10-3-5-12(17)14(7-10)20-15(22)11-4-2-9(16)6-13(11)18/h2-7H,1H3,(H,19,21)(H,20,22). The molecule has 0 saturated heterocycles. The Labute approximate surface area is 130 Å². The lowest BCUT2D eigenvalue weighted by molar-refractivity contribution is -0.114. The molecule has 0 spiro atoms. The van der Waals surface area contributed by atoms with Crippen LogP contribution in [0, 0.1) is 11.6 Å². The second-order valence-electron chi connectivity index (χ2n) is 4.45. The summed E-state index contributed by atoms with van der Waals surface area (Å²) in [4.78, 5) is 23.0. The molecule has 0 aliphatic rings. The Morgan fingerprint density at radius 2 is 1.73 bits per heavy atom. The fraction of sp³-hybridized carbons (Fsp3) is 0.0667. The molecule has 114 valence electrons. The van der Waals surface area contributed by atoms with Gasteiger partial charge in [0.25, 0.3) is 5.91 Å². The summed E-state index contributed by atoms with van der Waals surface area (Å²) in [5.41, 5.74) is -0.139. The number of carbonyl (C=O) groups is 2. The molecule has 7 heteroatoms. The van der Waals surface area contributed by atoms with Gasteiger partial charge in [-0.15, -0.1) is 0 Å². The van der Waals surface area contributed by atoms with E-state index in [-0.39, 0.29) is 22.2 Å². The number of rotatable bonds is 3. The van der Waals surface area contributed by atoms with Crippen molar-refractivity contribution in [2.45, 2.75) is 6.92 Å². The summed E-state index contributed by atoms with van der Waals surface area (Å²) in [5, 5.41) is 4.85. The van der Waals surface area contributed by atoms with Crippen LogP contribution >= 0.6 is 11.6 Å². The maximum atomic E-state index is 13.7. The third-order valence-corrected chi connectivity index (χ3v) is 2.95. The highest BCUT2D eigenvalue weighted by atomic mass is 35.5. The van der Waals surface area contributed by atoms with Gasteiger partial charge in [-0.05, 0) is 36.4 Å². The molecule has 0 aliphatic carbocycles. The molecule has 2 amide bonds. The van der Waals surface area contributed by atoms with Crippen molar-refractivity contribution in [1.82, 2.24) is 0 Å². The largest absolute Gasteiger partial charge is 0.326 e. The summed E-state index contributed by atoms with van der Waals surface area (Å²) in [6.45, 7) is 1.30. The third kappa shape index (κ3) is 3.79. The van der Waals surface area contributed by atoms with Crippen molar-refractivity contribution in [2.24, 2.45) is 0 Å². The molecule has 2 N–H and O–H groups in total. The van der Waals surface area contributed by atoms with E-state index in [0.717, 1.165) is 12.1 Å². The molecular formula is C15H11ClF2N2O2.